The minimum absolute atomic E-state index is 0.161. The molecule has 3 rings (SSSR count). The Morgan fingerprint density at radius 2 is 1.90 bits per heavy atom. The molecule has 21 heavy (non-hydrogen) atoms. The third-order valence-corrected chi connectivity index (χ3v) is 4.10. The molecule has 1 heterocycles. The molecule has 0 amide bonds. The lowest BCUT2D eigenvalue weighted by molar-refractivity contribution is 0.590. The Morgan fingerprint density at radius 3 is 2.57 bits per heavy atom. The van der Waals surface area contributed by atoms with Crippen LogP contribution in [0.3, 0.4) is 0 Å². The van der Waals surface area contributed by atoms with Gasteiger partial charge in [-0.1, -0.05) is 12.1 Å². The molecule has 0 radical (unpaired) electrons. The largest absolute Gasteiger partial charge is 0.362 e. The van der Waals surface area contributed by atoms with E-state index in [0.717, 1.165) is 41.9 Å². The van der Waals surface area contributed by atoms with Gasteiger partial charge in [0.1, 0.15) is 11.6 Å². The van der Waals surface area contributed by atoms with Crippen LogP contribution in [0.5, 0.6) is 0 Å². The second-order valence-electron chi connectivity index (χ2n) is 5.57. The molecule has 0 saturated heterocycles. The van der Waals surface area contributed by atoms with Gasteiger partial charge in [0.05, 0.1) is 5.69 Å². The monoisotopic (exact) mass is 305 g/mol. The number of rotatable bonds is 2. The first-order valence-electron chi connectivity index (χ1n) is 7.05. The maximum Gasteiger partial charge on any atom is 0.224 e. The Hall–Kier alpha value is -1.68. The Kier molecular flexibility index (Phi) is 3.81. The second kappa shape index (κ2) is 5.60. The summed E-state index contributed by atoms with van der Waals surface area (Å²) in [5.41, 5.74) is 3.22. The minimum atomic E-state index is -0.218. The Labute approximate surface area is 128 Å². The van der Waals surface area contributed by atoms with Crippen molar-refractivity contribution in [3.63, 3.8) is 0 Å². The lowest BCUT2D eigenvalue weighted by Crippen LogP contribution is -2.21. The van der Waals surface area contributed by atoms with Crippen LogP contribution >= 0.6 is 11.6 Å². The molecular weight excluding hydrogens is 289 g/mol. The molecule has 1 aliphatic carbocycles. The molecule has 2 aromatic rings. The van der Waals surface area contributed by atoms with Gasteiger partial charge in [0.2, 0.25) is 5.28 Å². The molecule has 0 spiro atoms. The molecule has 1 unspecified atom stereocenters. The van der Waals surface area contributed by atoms with E-state index in [2.05, 4.69) is 9.97 Å². The molecule has 5 heteroatoms. The molecule has 1 atom stereocenters. The van der Waals surface area contributed by atoms with E-state index >= 15 is 0 Å². The van der Waals surface area contributed by atoms with Crippen molar-refractivity contribution in [1.82, 2.24) is 9.97 Å². The summed E-state index contributed by atoms with van der Waals surface area (Å²) in [6.07, 6.45) is 3.03. The van der Waals surface area contributed by atoms with E-state index in [-0.39, 0.29) is 17.0 Å². The number of hydrogen-bond acceptors (Lipinski definition) is 3. The molecule has 0 aliphatic heterocycles. The summed E-state index contributed by atoms with van der Waals surface area (Å²) in [5, 5.41) is 0.270. The Bertz CT molecular complexity index is 655. The van der Waals surface area contributed by atoms with Crippen molar-refractivity contribution in [3.8, 4) is 0 Å². The van der Waals surface area contributed by atoms with Crippen molar-refractivity contribution < 1.29 is 4.39 Å². The van der Waals surface area contributed by atoms with Crippen LogP contribution in [0.2, 0.25) is 5.28 Å². The first-order chi connectivity index (χ1) is 10.1. The molecule has 1 aromatic carbocycles. The van der Waals surface area contributed by atoms with Crippen LogP contribution in [0, 0.1) is 5.82 Å². The summed E-state index contributed by atoms with van der Waals surface area (Å²) < 4.78 is 13.1. The van der Waals surface area contributed by atoms with Crippen LogP contribution in [0.25, 0.3) is 0 Å². The number of anilines is 1. The zero-order chi connectivity index (χ0) is 15.0. The lowest BCUT2D eigenvalue weighted by Gasteiger charge is -2.28. The van der Waals surface area contributed by atoms with Crippen LogP contribution in [-0.2, 0) is 6.42 Å². The molecule has 1 aromatic heterocycles. The highest BCUT2D eigenvalue weighted by Gasteiger charge is 2.27. The van der Waals surface area contributed by atoms with Crippen LogP contribution in [-0.4, -0.2) is 24.1 Å². The van der Waals surface area contributed by atoms with Gasteiger partial charge in [-0.25, -0.2) is 14.4 Å². The van der Waals surface area contributed by atoms with Crippen molar-refractivity contribution in [3.05, 3.63) is 52.2 Å². The molecule has 0 N–H and O–H groups in total. The van der Waals surface area contributed by atoms with Crippen molar-refractivity contribution in [2.45, 2.75) is 25.2 Å². The molecule has 1 aliphatic rings. The average molecular weight is 306 g/mol. The lowest BCUT2D eigenvalue weighted by atomic mass is 9.82. The summed E-state index contributed by atoms with van der Waals surface area (Å²) in [4.78, 5) is 10.8. The normalized spacial score (nSPS) is 17.4. The fourth-order valence-corrected chi connectivity index (χ4v) is 3.17. The first kappa shape index (κ1) is 14.3. The van der Waals surface area contributed by atoms with Crippen molar-refractivity contribution >= 4 is 17.4 Å². The number of benzene rings is 1. The van der Waals surface area contributed by atoms with E-state index < -0.39 is 0 Å². The summed E-state index contributed by atoms with van der Waals surface area (Å²) in [5.74, 6) is 0.829. The SMILES string of the molecule is CN(C)c1nc(Cl)nc2c1CCCC2c1ccc(F)cc1. The number of fused-ring (bicyclic) bond motifs is 1. The number of aromatic nitrogens is 2. The fourth-order valence-electron chi connectivity index (χ4n) is 3.00. The molecule has 3 nitrogen and oxygen atoms in total. The first-order valence-corrected chi connectivity index (χ1v) is 7.43. The highest BCUT2D eigenvalue weighted by atomic mass is 35.5. The smallest absolute Gasteiger partial charge is 0.224 e. The van der Waals surface area contributed by atoms with Crippen molar-refractivity contribution in [2.75, 3.05) is 19.0 Å². The van der Waals surface area contributed by atoms with Gasteiger partial charge in [-0.3, -0.25) is 0 Å². The van der Waals surface area contributed by atoms with Gasteiger partial charge < -0.3 is 4.90 Å². The maximum absolute atomic E-state index is 13.1. The minimum Gasteiger partial charge on any atom is -0.362 e. The van der Waals surface area contributed by atoms with E-state index in [4.69, 9.17) is 11.6 Å². The number of hydrogen-bond donors (Lipinski definition) is 0. The predicted octanol–water partition coefficient (Wildman–Crippen LogP) is 3.80. The molecule has 110 valence electrons. The van der Waals surface area contributed by atoms with E-state index in [9.17, 15) is 4.39 Å². The molecule has 0 fully saturated rings. The third kappa shape index (κ3) is 2.72. The summed E-state index contributed by atoms with van der Waals surface area (Å²) in [6.45, 7) is 0. The standard InChI is InChI=1S/C16H17ClFN3/c1-21(2)15-13-5-3-4-12(14(13)19-16(17)20-15)10-6-8-11(18)9-7-10/h6-9,12H,3-5H2,1-2H3. The van der Waals surface area contributed by atoms with Gasteiger partial charge in [-0.15, -0.1) is 0 Å². The van der Waals surface area contributed by atoms with Gasteiger partial charge in [0.25, 0.3) is 0 Å². The van der Waals surface area contributed by atoms with E-state index in [0.29, 0.717) is 0 Å². The van der Waals surface area contributed by atoms with E-state index in [1.807, 2.05) is 31.1 Å². The van der Waals surface area contributed by atoms with Gasteiger partial charge in [0, 0.05) is 25.6 Å². The molecular formula is C16H17ClFN3. The molecule has 0 saturated carbocycles. The number of halogens is 2. The summed E-state index contributed by atoms with van der Waals surface area (Å²) >= 11 is 6.09. The fraction of sp³-hybridized carbons (Fsp3) is 0.375. The third-order valence-electron chi connectivity index (χ3n) is 3.94. The van der Waals surface area contributed by atoms with Gasteiger partial charge in [0.15, 0.2) is 0 Å². The van der Waals surface area contributed by atoms with Crippen molar-refractivity contribution in [2.24, 2.45) is 0 Å². The quantitative estimate of drug-likeness (QED) is 0.790. The summed E-state index contributed by atoms with van der Waals surface area (Å²) in [7, 11) is 3.92. The van der Waals surface area contributed by atoms with E-state index in [1.165, 1.54) is 12.1 Å². The Balaban J connectivity index is 2.11. The van der Waals surface area contributed by atoms with Gasteiger partial charge in [-0.2, -0.15) is 0 Å². The summed E-state index contributed by atoms with van der Waals surface area (Å²) in [6, 6.07) is 6.67. The van der Waals surface area contributed by atoms with Crippen LogP contribution in [0.15, 0.2) is 24.3 Å². The zero-order valence-corrected chi connectivity index (χ0v) is 12.9. The van der Waals surface area contributed by atoms with Crippen molar-refractivity contribution in [1.29, 1.82) is 0 Å². The topological polar surface area (TPSA) is 29.0 Å². The number of nitrogens with zero attached hydrogens (tertiary/aromatic N) is 3. The second-order valence-corrected chi connectivity index (χ2v) is 5.91. The zero-order valence-electron chi connectivity index (χ0n) is 12.1. The highest BCUT2D eigenvalue weighted by Crippen LogP contribution is 2.39. The van der Waals surface area contributed by atoms with Crippen LogP contribution in [0.1, 0.15) is 35.6 Å². The van der Waals surface area contributed by atoms with E-state index in [1.54, 1.807) is 0 Å². The maximum atomic E-state index is 13.1. The molecule has 0 bridgehead atoms. The Morgan fingerprint density at radius 1 is 1.19 bits per heavy atom. The van der Waals surface area contributed by atoms with Gasteiger partial charge >= 0.3 is 0 Å². The van der Waals surface area contributed by atoms with Crippen LogP contribution < -0.4 is 4.90 Å². The van der Waals surface area contributed by atoms with Crippen LogP contribution in [0.4, 0.5) is 10.2 Å². The highest BCUT2D eigenvalue weighted by molar-refractivity contribution is 6.28. The average Bonchev–Trinajstić information content (AvgIpc) is 2.46. The van der Waals surface area contributed by atoms with Gasteiger partial charge in [-0.05, 0) is 48.6 Å². The predicted molar refractivity (Wildman–Crippen MR) is 82.6 cm³/mol.